The molecule has 0 aliphatic carbocycles. The zero-order valence-corrected chi connectivity index (χ0v) is 17.2. The summed E-state index contributed by atoms with van der Waals surface area (Å²) in [6, 6.07) is 14.1. The van der Waals surface area contributed by atoms with Crippen molar-refractivity contribution < 1.29 is 13.2 Å². The van der Waals surface area contributed by atoms with E-state index in [4.69, 9.17) is 0 Å². The quantitative estimate of drug-likeness (QED) is 0.748. The highest BCUT2D eigenvalue weighted by Gasteiger charge is 2.22. The molecule has 0 aliphatic rings. The SMILES string of the molecule is CCc1ccc(C(C)NC(=O)c2cccc(S(=O)(=O)N(CC)CC)c2)cc1. The Balaban J connectivity index is 2.19. The Kier molecular flexibility index (Phi) is 7.16. The van der Waals surface area contributed by atoms with Crippen LogP contribution < -0.4 is 5.32 Å². The first-order valence-electron chi connectivity index (χ1n) is 9.33. The van der Waals surface area contributed by atoms with Gasteiger partial charge >= 0.3 is 0 Å². The minimum atomic E-state index is -3.59. The molecule has 2 aromatic carbocycles. The van der Waals surface area contributed by atoms with Gasteiger partial charge in [0.15, 0.2) is 0 Å². The minimum Gasteiger partial charge on any atom is -0.346 e. The van der Waals surface area contributed by atoms with Crippen molar-refractivity contribution >= 4 is 15.9 Å². The van der Waals surface area contributed by atoms with Crippen LogP contribution >= 0.6 is 0 Å². The fourth-order valence-corrected chi connectivity index (χ4v) is 4.42. The van der Waals surface area contributed by atoms with Crippen LogP contribution in [-0.4, -0.2) is 31.7 Å². The lowest BCUT2D eigenvalue weighted by atomic mass is 10.0. The molecule has 0 spiro atoms. The third-order valence-electron chi connectivity index (χ3n) is 4.67. The predicted molar refractivity (Wildman–Crippen MR) is 108 cm³/mol. The molecule has 27 heavy (non-hydrogen) atoms. The zero-order valence-electron chi connectivity index (χ0n) is 16.4. The second-order valence-electron chi connectivity index (χ2n) is 6.41. The van der Waals surface area contributed by atoms with Crippen molar-refractivity contribution in [3.05, 3.63) is 65.2 Å². The number of sulfonamides is 1. The molecule has 0 saturated carbocycles. The first-order chi connectivity index (χ1) is 12.8. The van der Waals surface area contributed by atoms with Gasteiger partial charge in [0, 0.05) is 18.7 Å². The molecule has 2 aromatic rings. The van der Waals surface area contributed by atoms with E-state index in [1.807, 2.05) is 19.1 Å². The van der Waals surface area contributed by atoms with Crippen molar-refractivity contribution in [3.63, 3.8) is 0 Å². The molecular formula is C21H28N2O3S. The van der Waals surface area contributed by atoms with Crippen LogP contribution in [0.5, 0.6) is 0 Å². The number of nitrogens with one attached hydrogen (secondary N) is 1. The summed E-state index contributed by atoms with van der Waals surface area (Å²) in [5.41, 5.74) is 2.58. The molecule has 1 N–H and O–H groups in total. The lowest BCUT2D eigenvalue weighted by Gasteiger charge is -2.19. The van der Waals surface area contributed by atoms with Gasteiger partial charge < -0.3 is 5.32 Å². The molecule has 1 amide bonds. The molecule has 0 saturated heterocycles. The summed E-state index contributed by atoms with van der Waals surface area (Å²) < 4.78 is 26.7. The molecule has 6 heteroatoms. The maximum atomic E-state index is 12.7. The van der Waals surface area contributed by atoms with Gasteiger partial charge in [-0.2, -0.15) is 4.31 Å². The van der Waals surface area contributed by atoms with Crippen LogP contribution in [0, 0.1) is 0 Å². The number of nitrogens with zero attached hydrogens (tertiary/aromatic N) is 1. The zero-order chi connectivity index (χ0) is 20.0. The smallest absolute Gasteiger partial charge is 0.251 e. The van der Waals surface area contributed by atoms with Gasteiger partial charge in [0.2, 0.25) is 10.0 Å². The molecule has 0 aliphatic heterocycles. The summed E-state index contributed by atoms with van der Waals surface area (Å²) in [4.78, 5) is 12.8. The minimum absolute atomic E-state index is 0.138. The standard InChI is InChI=1S/C21H28N2O3S/c1-5-17-11-13-18(14-12-17)16(4)22-21(24)19-9-8-10-20(15-19)27(25,26)23(6-2)7-3/h8-16H,5-7H2,1-4H3,(H,22,24). The van der Waals surface area contributed by atoms with Gasteiger partial charge in [-0.1, -0.05) is 51.1 Å². The van der Waals surface area contributed by atoms with Crippen LogP contribution in [0.3, 0.4) is 0 Å². The third kappa shape index (κ3) is 4.96. The summed E-state index contributed by atoms with van der Waals surface area (Å²) in [6.07, 6.45) is 0.967. The topological polar surface area (TPSA) is 66.5 Å². The largest absolute Gasteiger partial charge is 0.346 e. The Bertz CT molecular complexity index is 873. The average Bonchev–Trinajstić information content (AvgIpc) is 2.68. The average molecular weight is 389 g/mol. The number of benzene rings is 2. The Hall–Kier alpha value is -2.18. The number of hydrogen-bond acceptors (Lipinski definition) is 3. The van der Waals surface area contributed by atoms with Gasteiger partial charge in [0.1, 0.15) is 0 Å². The highest BCUT2D eigenvalue weighted by atomic mass is 32.2. The maximum Gasteiger partial charge on any atom is 0.251 e. The highest BCUT2D eigenvalue weighted by Crippen LogP contribution is 2.19. The Morgan fingerprint density at radius 1 is 1.04 bits per heavy atom. The predicted octanol–water partition coefficient (Wildman–Crippen LogP) is 3.77. The number of carbonyl (C=O) groups excluding carboxylic acids is 1. The number of rotatable bonds is 8. The van der Waals surface area contributed by atoms with E-state index in [-0.39, 0.29) is 16.8 Å². The summed E-state index contributed by atoms with van der Waals surface area (Å²) in [5, 5.41) is 2.94. The van der Waals surface area contributed by atoms with Crippen molar-refractivity contribution in [1.29, 1.82) is 0 Å². The van der Waals surface area contributed by atoms with Crippen molar-refractivity contribution in [2.45, 2.75) is 45.1 Å². The van der Waals surface area contributed by atoms with Gasteiger partial charge in [-0.3, -0.25) is 4.79 Å². The fourth-order valence-electron chi connectivity index (χ4n) is 2.92. The lowest BCUT2D eigenvalue weighted by Crippen LogP contribution is -2.31. The van der Waals surface area contributed by atoms with Crippen molar-refractivity contribution in [2.75, 3.05) is 13.1 Å². The Labute approximate surface area is 162 Å². The van der Waals surface area contributed by atoms with Crippen molar-refractivity contribution in [1.82, 2.24) is 9.62 Å². The molecule has 2 rings (SSSR count). The van der Waals surface area contributed by atoms with Gasteiger partial charge in [0.25, 0.3) is 5.91 Å². The van der Waals surface area contributed by atoms with E-state index in [9.17, 15) is 13.2 Å². The van der Waals surface area contributed by atoms with Gasteiger partial charge in [0.05, 0.1) is 10.9 Å². The van der Waals surface area contributed by atoms with E-state index >= 15 is 0 Å². The molecule has 0 fully saturated rings. The number of amides is 1. The third-order valence-corrected chi connectivity index (χ3v) is 6.72. The van der Waals surface area contributed by atoms with E-state index < -0.39 is 10.0 Å². The molecule has 146 valence electrons. The molecule has 0 bridgehead atoms. The first kappa shape index (κ1) is 21.1. The molecule has 0 radical (unpaired) electrons. The van der Waals surface area contributed by atoms with E-state index in [2.05, 4.69) is 24.4 Å². The molecule has 0 aromatic heterocycles. The van der Waals surface area contributed by atoms with E-state index in [1.54, 1.807) is 26.0 Å². The van der Waals surface area contributed by atoms with Gasteiger partial charge in [-0.25, -0.2) is 8.42 Å². The second kappa shape index (κ2) is 9.15. The lowest BCUT2D eigenvalue weighted by molar-refractivity contribution is 0.0939. The molecule has 1 atom stereocenters. The monoisotopic (exact) mass is 388 g/mol. The molecule has 5 nitrogen and oxygen atoms in total. The maximum absolute atomic E-state index is 12.7. The summed E-state index contributed by atoms with van der Waals surface area (Å²) in [6.45, 7) is 8.38. The fraction of sp³-hybridized carbons (Fsp3) is 0.381. The van der Waals surface area contributed by atoms with Crippen molar-refractivity contribution in [2.24, 2.45) is 0 Å². The van der Waals surface area contributed by atoms with Crippen LogP contribution in [0.1, 0.15) is 55.2 Å². The van der Waals surface area contributed by atoms with Crippen LogP contribution in [0.4, 0.5) is 0 Å². The number of carbonyl (C=O) groups is 1. The van der Waals surface area contributed by atoms with E-state index in [0.717, 1.165) is 12.0 Å². The first-order valence-corrected chi connectivity index (χ1v) is 10.8. The molecular weight excluding hydrogens is 360 g/mol. The van der Waals surface area contributed by atoms with Crippen LogP contribution in [0.2, 0.25) is 0 Å². The summed E-state index contributed by atoms with van der Waals surface area (Å²) >= 11 is 0. The Morgan fingerprint density at radius 3 is 2.22 bits per heavy atom. The number of hydrogen-bond donors (Lipinski definition) is 1. The summed E-state index contributed by atoms with van der Waals surface area (Å²) in [5.74, 6) is -0.293. The van der Waals surface area contributed by atoms with Gasteiger partial charge in [-0.15, -0.1) is 0 Å². The van der Waals surface area contributed by atoms with Crippen LogP contribution in [0.15, 0.2) is 53.4 Å². The Morgan fingerprint density at radius 2 is 1.67 bits per heavy atom. The van der Waals surface area contributed by atoms with Crippen LogP contribution in [0.25, 0.3) is 0 Å². The highest BCUT2D eigenvalue weighted by molar-refractivity contribution is 7.89. The molecule has 0 heterocycles. The van der Waals surface area contributed by atoms with Crippen molar-refractivity contribution in [3.8, 4) is 0 Å². The van der Waals surface area contributed by atoms with E-state index in [1.165, 1.54) is 22.0 Å². The summed E-state index contributed by atoms with van der Waals surface area (Å²) in [7, 11) is -3.59. The normalized spacial score (nSPS) is 12.8. The van der Waals surface area contributed by atoms with Gasteiger partial charge in [-0.05, 0) is 42.7 Å². The second-order valence-corrected chi connectivity index (χ2v) is 8.35. The number of aryl methyl sites for hydroxylation is 1. The van der Waals surface area contributed by atoms with Crippen LogP contribution in [-0.2, 0) is 16.4 Å². The molecule has 1 unspecified atom stereocenters. The van der Waals surface area contributed by atoms with E-state index in [0.29, 0.717) is 18.7 Å².